The first-order valence-corrected chi connectivity index (χ1v) is 14.4. The van der Waals surface area contributed by atoms with Crippen molar-refractivity contribution in [3.05, 3.63) is 59.7 Å². The van der Waals surface area contributed by atoms with Crippen molar-refractivity contribution in [2.45, 2.75) is 57.6 Å². The lowest BCUT2D eigenvalue weighted by molar-refractivity contribution is -0.217. The maximum atomic E-state index is 17.6. The van der Waals surface area contributed by atoms with Crippen LogP contribution in [0, 0.1) is 34.0 Å². The zero-order valence-electron chi connectivity index (χ0n) is 23.4. The van der Waals surface area contributed by atoms with Gasteiger partial charge in [0.1, 0.15) is 12.8 Å². The van der Waals surface area contributed by atoms with Crippen molar-refractivity contribution in [3.8, 4) is 0 Å². The largest absolute Gasteiger partial charge is 0.463 e. The number of nitrogens with zero attached hydrogens (tertiary/aromatic N) is 1. The number of hydrogen-bond donors (Lipinski definition) is 1. The van der Waals surface area contributed by atoms with Gasteiger partial charge in [-0.05, 0) is 66.7 Å². The molecule has 1 aliphatic heterocycles. The summed E-state index contributed by atoms with van der Waals surface area (Å²) in [5.74, 6) is -1.97. The summed E-state index contributed by atoms with van der Waals surface area (Å²) < 4.78 is 44.4. The summed E-state index contributed by atoms with van der Waals surface area (Å²) >= 11 is 0. The number of methoxy groups -OCH3 is 1. The summed E-state index contributed by atoms with van der Waals surface area (Å²) in [7, 11) is 1.55. The number of rotatable bonds is 6. The highest BCUT2D eigenvalue weighted by atomic mass is 19.1. The van der Waals surface area contributed by atoms with Crippen LogP contribution >= 0.6 is 0 Å². The molecular formula is C32H39F2NO5. The van der Waals surface area contributed by atoms with Crippen molar-refractivity contribution < 1.29 is 33.0 Å². The number of aliphatic hydroxyl groups excluding tert-OH is 1. The van der Waals surface area contributed by atoms with Crippen LogP contribution in [0.3, 0.4) is 0 Å². The van der Waals surface area contributed by atoms with E-state index in [0.29, 0.717) is 26.1 Å². The molecule has 0 unspecified atom stereocenters. The topological polar surface area (TPSA) is 76.1 Å². The van der Waals surface area contributed by atoms with E-state index in [9.17, 15) is 14.7 Å². The van der Waals surface area contributed by atoms with Gasteiger partial charge >= 0.3 is 5.97 Å². The number of aliphatic hydroxyl groups is 1. The Bertz CT molecular complexity index is 1250. The molecule has 0 spiro atoms. The number of ketones is 1. The first kappa shape index (κ1) is 27.7. The Labute approximate surface area is 234 Å². The summed E-state index contributed by atoms with van der Waals surface area (Å²) in [4.78, 5) is 28.5. The molecule has 40 heavy (non-hydrogen) atoms. The van der Waals surface area contributed by atoms with Gasteiger partial charge in [0, 0.05) is 38.1 Å². The molecule has 4 fully saturated rings. The van der Waals surface area contributed by atoms with E-state index in [4.69, 9.17) is 9.47 Å². The summed E-state index contributed by atoms with van der Waals surface area (Å²) in [5.41, 5.74) is -4.12. The quantitative estimate of drug-likeness (QED) is 0.419. The van der Waals surface area contributed by atoms with E-state index in [1.165, 1.54) is 18.2 Å². The molecule has 1 aromatic carbocycles. The molecule has 1 heterocycles. The molecule has 6 rings (SSSR count). The van der Waals surface area contributed by atoms with E-state index in [1.807, 2.05) is 25.1 Å². The number of fused-ring (bicyclic) bond motifs is 7. The molecule has 0 aromatic heterocycles. The van der Waals surface area contributed by atoms with Crippen LogP contribution < -0.4 is 0 Å². The molecule has 5 aliphatic rings. The zero-order valence-corrected chi connectivity index (χ0v) is 23.4. The van der Waals surface area contributed by atoms with Gasteiger partial charge in [0.05, 0.1) is 18.1 Å². The van der Waals surface area contributed by atoms with Crippen LogP contribution in [0.1, 0.15) is 38.7 Å². The number of halogens is 2. The molecule has 1 aromatic rings. The third kappa shape index (κ3) is 3.61. The number of ether oxygens (including phenoxy) is 2. The number of alkyl halides is 2. The van der Waals surface area contributed by atoms with Gasteiger partial charge in [-0.2, -0.15) is 0 Å². The van der Waals surface area contributed by atoms with Crippen molar-refractivity contribution in [1.82, 2.24) is 4.90 Å². The second-order valence-corrected chi connectivity index (χ2v) is 13.0. The zero-order chi connectivity index (χ0) is 28.5. The van der Waals surface area contributed by atoms with E-state index in [2.05, 4.69) is 17.0 Å². The maximum absolute atomic E-state index is 17.6. The Morgan fingerprint density at radius 2 is 1.90 bits per heavy atom. The second-order valence-electron chi connectivity index (χ2n) is 13.0. The fraction of sp³-hybridized carbons (Fsp3) is 0.625. The number of esters is 1. The smallest absolute Gasteiger partial charge is 0.314 e. The van der Waals surface area contributed by atoms with E-state index in [-0.39, 0.29) is 55.2 Å². The van der Waals surface area contributed by atoms with Crippen LogP contribution in [-0.4, -0.2) is 73.1 Å². The summed E-state index contributed by atoms with van der Waals surface area (Å²) in [6, 6.07) is 10.1. The van der Waals surface area contributed by atoms with Crippen molar-refractivity contribution in [2.75, 3.05) is 33.4 Å². The van der Waals surface area contributed by atoms with Crippen molar-refractivity contribution >= 4 is 11.8 Å². The predicted molar refractivity (Wildman–Crippen MR) is 144 cm³/mol. The number of carbonyl (C=O) groups is 2. The van der Waals surface area contributed by atoms with Gasteiger partial charge in [-0.15, -0.1) is 0 Å². The summed E-state index contributed by atoms with van der Waals surface area (Å²) in [6.45, 7) is 5.71. The summed E-state index contributed by atoms with van der Waals surface area (Å²) in [5, 5.41) is 11.7. The molecule has 1 N–H and O–H groups in total. The number of allylic oxidation sites excluding steroid dienone is 4. The Morgan fingerprint density at radius 1 is 1.15 bits per heavy atom. The Morgan fingerprint density at radius 3 is 2.62 bits per heavy atom. The highest BCUT2D eigenvalue weighted by Gasteiger charge is 2.78. The molecule has 0 radical (unpaired) electrons. The van der Waals surface area contributed by atoms with Crippen LogP contribution in [0.25, 0.3) is 0 Å². The van der Waals surface area contributed by atoms with Gasteiger partial charge in [0.25, 0.3) is 0 Å². The highest BCUT2D eigenvalue weighted by Crippen LogP contribution is 2.74. The van der Waals surface area contributed by atoms with Crippen LogP contribution in [-0.2, 0) is 25.6 Å². The van der Waals surface area contributed by atoms with Crippen LogP contribution in [0.5, 0.6) is 0 Å². The van der Waals surface area contributed by atoms with Gasteiger partial charge in [0.2, 0.25) is 0 Å². The Kier molecular flexibility index (Phi) is 6.63. The second kappa shape index (κ2) is 9.57. The first-order valence-electron chi connectivity index (χ1n) is 14.4. The SMILES string of the molecule is COCCOC(=O)[C@@]12CN(Cc3ccccc3)C[C@@H]1C[C@H]1[C@@H]3C[C@H](F)C4=CC(=O)C=C[C@]4(C)[C@@]3(F)[C@@H](O)C[C@@]12C. The number of hydrogen-bond acceptors (Lipinski definition) is 6. The molecule has 3 saturated carbocycles. The van der Waals surface area contributed by atoms with Crippen LogP contribution in [0.4, 0.5) is 8.78 Å². The van der Waals surface area contributed by atoms with E-state index >= 15 is 8.78 Å². The first-order chi connectivity index (χ1) is 19.0. The fourth-order valence-corrected chi connectivity index (χ4v) is 9.52. The molecular weight excluding hydrogens is 516 g/mol. The molecule has 1 saturated heterocycles. The molecule has 0 amide bonds. The van der Waals surface area contributed by atoms with Gasteiger partial charge in [-0.3, -0.25) is 14.5 Å². The van der Waals surface area contributed by atoms with Gasteiger partial charge in [0.15, 0.2) is 11.5 Å². The molecule has 6 nitrogen and oxygen atoms in total. The fourth-order valence-electron chi connectivity index (χ4n) is 9.52. The third-order valence-corrected chi connectivity index (χ3v) is 11.4. The number of benzene rings is 1. The van der Waals surface area contributed by atoms with Gasteiger partial charge in [-0.25, -0.2) is 8.78 Å². The van der Waals surface area contributed by atoms with E-state index in [1.54, 1.807) is 14.0 Å². The molecule has 4 aliphatic carbocycles. The molecule has 0 bridgehead atoms. The molecule has 216 valence electrons. The van der Waals surface area contributed by atoms with Crippen molar-refractivity contribution in [1.29, 1.82) is 0 Å². The van der Waals surface area contributed by atoms with Crippen molar-refractivity contribution in [2.24, 2.45) is 34.0 Å². The average molecular weight is 556 g/mol. The summed E-state index contributed by atoms with van der Waals surface area (Å²) in [6.07, 6.45) is 1.51. The molecule has 8 heteroatoms. The van der Waals surface area contributed by atoms with Gasteiger partial charge < -0.3 is 14.6 Å². The van der Waals surface area contributed by atoms with Crippen molar-refractivity contribution in [3.63, 3.8) is 0 Å². The monoisotopic (exact) mass is 555 g/mol. The van der Waals surface area contributed by atoms with Crippen LogP contribution in [0.15, 0.2) is 54.1 Å². The minimum atomic E-state index is -2.16. The number of likely N-dealkylation sites (tertiary alicyclic amines) is 1. The van der Waals surface area contributed by atoms with Gasteiger partial charge in [-0.1, -0.05) is 43.3 Å². The minimum absolute atomic E-state index is 0.0569. The molecule has 9 atom stereocenters. The average Bonchev–Trinajstić information content (AvgIpc) is 3.40. The Hall–Kier alpha value is -2.42. The maximum Gasteiger partial charge on any atom is 0.314 e. The predicted octanol–water partition coefficient (Wildman–Crippen LogP) is 4.22. The Balaban J connectivity index is 1.39. The van der Waals surface area contributed by atoms with E-state index in [0.717, 1.165) is 5.56 Å². The lowest BCUT2D eigenvalue weighted by atomic mass is 9.43. The lowest BCUT2D eigenvalue weighted by Gasteiger charge is -2.63. The minimum Gasteiger partial charge on any atom is -0.463 e. The van der Waals surface area contributed by atoms with Crippen LogP contribution in [0.2, 0.25) is 0 Å². The third-order valence-electron chi connectivity index (χ3n) is 11.4. The lowest BCUT2D eigenvalue weighted by Crippen LogP contribution is -2.69. The standard InChI is InChI=1S/C32H39F2NO5/c1-29-10-9-22(36)14-25(29)26(33)15-24-23-13-21-18-35(17-20-7-5-4-6-8-20)19-31(21,28(38)40-12-11-39-3)30(23,2)16-27(37)32(24,29)34/h4-10,14,21,23-24,26-27,37H,11-13,15-19H2,1-3H3/t21-,23-,24-,26-,27-,29-,30-,31+,32-/m0/s1. The normalized spacial score (nSPS) is 43.9. The highest BCUT2D eigenvalue weighted by molar-refractivity contribution is 6.01. The number of carbonyl (C=O) groups excluding carboxylic acids is 2. The van der Waals surface area contributed by atoms with E-state index < -0.39 is 40.1 Å².